The fourth-order valence-corrected chi connectivity index (χ4v) is 3.90. The van der Waals surface area contributed by atoms with Crippen LogP contribution in [0.4, 0.5) is 4.79 Å². The Kier molecular flexibility index (Phi) is 5.31. The van der Waals surface area contributed by atoms with Gasteiger partial charge in [-0.1, -0.05) is 6.07 Å². The molecule has 2 aliphatic rings. The number of benzene rings is 1. The van der Waals surface area contributed by atoms with Crippen LogP contribution < -0.4 is 14.8 Å². The minimum absolute atomic E-state index is 0.0948. The lowest BCUT2D eigenvalue weighted by Gasteiger charge is -2.31. The zero-order chi connectivity index (χ0) is 21.3. The van der Waals surface area contributed by atoms with E-state index in [-0.39, 0.29) is 11.9 Å². The fraction of sp³-hybridized carbons (Fsp3) is 0.318. The molecule has 1 aromatic heterocycles. The van der Waals surface area contributed by atoms with Gasteiger partial charge in [0.15, 0.2) is 0 Å². The van der Waals surface area contributed by atoms with Crippen LogP contribution in [-0.4, -0.2) is 61.1 Å². The second-order valence-electron chi connectivity index (χ2n) is 7.21. The summed E-state index contributed by atoms with van der Waals surface area (Å²) in [5.74, 6) is 1.11. The summed E-state index contributed by atoms with van der Waals surface area (Å²) in [6.45, 7) is 0.903. The summed E-state index contributed by atoms with van der Waals surface area (Å²) in [6.07, 6.45) is 2.39. The van der Waals surface area contributed by atoms with Crippen LogP contribution in [0.3, 0.4) is 0 Å². The van der Waals surface area contributed by atoms with E-state index in [0.29, 0.717) is 47.8 Å². The van der Waals surface area contributed by atoms with Crippen molar-refractivity contribution in [3.8, 4) is 11.5 Å². The van der Waals surface area contributed by atoms with Crippen LogP contribution >= 0.6 is 0 Å². The van der Waals surface area contributed by atoms with Crippen LogP contribution in [-0.2, 0) is 11.2 Å². The average Bonchev–Trinajstić information content (AvgIpc) is 3.11. The van der Waals surface area contributed by atoms with Crippen LogP contribution in [0.15, 0.2) is 53.9 Å². The number of amides is 3. The Labute approximate surface area is 175 Å². The molecule has 0 radical (unpaired) electrons. The fourth-order valence-electron chi connectivity index (χ4n) is 3.90. The number of aromatic nitrogens is 1. The molecule has 8 heteroatoms. The van der Waals surface area contributed by atoms with E-state index >= 15 is 0 Å². The molecule has 0 aliphatic carbocycles. The molecule has 1 atom stereocenters. The molecular weight excluding hydrogens is 384 g/mol. The summed E-state index contributed by atoms with van der Waals surface area (Å²) in [5.41, 5.74) is 2.87. The maximum absolute atomic E-state index is 13.3. The molecule has 0 spiro atoms. The Balaban J connectivity index is 1.66. The molecule has 0 saturated heterocycles. The molecule has 3 amide bonds. The Hall–Kier alpha value is -3.55. The lowest BCUT2D eigenvalue weighted by atomic mass is 9.94. The zero-order valence-corrected chi connectivity index (χ0v) is 17.2. The van der Waals surface area contributed by atoms with Gasteiger partial charge in [-0.05, 0) is 30.3 Å². The van der Waals surface area contributed by atoms with E-state index in [0.717, 1.165) is 5.69 Å². The van der Waals surface area contributed by atoms with Crippen molar-refractivity contribution in [2.45, 2.75) is 12.5 Å². The van der Waals surface area contributed by atoms with Gasteiger partial charge >= 0.3 is 6.03 Å². The highest BCUT2D eigenvalue weighted by Gasteiger charge is 2.43. The third-order valence-electron chi connectivity index (χ3n) is 5.55. The third kappa shape index (κ3) is 3.45. The standard InChI is InChI=1S/C22H24N4O4/c1-25-17-13-26(11-9-14-6-4-5-10-23-14)21(27)19(17)20(24-22(25)28)16-12-15(29-2)7-8-18(16)30-3/h4-8,10,12,20H,9,11,13H2,1-3H3,(H,24,28)/t20-/m1/s1. The van der Waals surface area contributed by atoms with Crippen LogP contribution in [0.2, 0.25) is 0 Å². The van der Waals surface area contributed by atoms with Crippen LogP contribution in [0.25, 0.3) is 0 Å². The molecule has 0 unspecified atom stereocenters. The number of ether oxygens (including phenoxy) is 2. The predicted octanol–water partition coefficient (Wildman–Crippen LogP) is 2.13. The molecule has 2 aromatic rings. The summed E-state index contributed by atoms with van der Waals surface area (Å²) in [6, 6.07) is 10.2. The second kappa shape index (κ2) is 8.06. The van der Waals surface area contributed by atoms with Crippen LogP contribution in [0.1, 0.15) is 17.3 Å². The molecule has 4 rings (SSSR count). The van der Waals surface area contributed by atoms with Gasteiger partial charge in [0.25, 0.3) is 5.91 Å². The van der Waals surface area contributed by atoms with Crippen molar-refractivity contribution >= 4 is 11.9 Å². The smallest absolute Gasteiger partial charge is 0.322 e. The number of nitrogens with one attached hydrogen (secondary N) is 1. The first-order chi connectivity index (χ1) is 14.5. The van der Waals surface area contributed by atoms with E-state index in [2.05, 4.69) is 10.3 Å². The Morgan fingerprint density at radius 1 is 1.17 bits per heavy atom. The van der Waals surface area contributed by atoms with Crippen molar-refractivity contribution in [2.24, 2.45) is 0 Å². The van der Waals surface area contributed by atoms with E-state index in [1.54, 1.807) is 50.6 Å². The minimum Gasteiger partial charge on any atom is -0.497 e. The number of carbonyl (C=O) groups excluding carboxylic acids is 2. The van der Waals surface area contributed by atoms with Crippen molar-refractivity contribution in [3.63, 3.8) is 0 Å². The molecule has 0 saturated carbocycles. The van der Waals surface area contributed by atoms with Crippen molar-refractivity contribution in [1.29, 1.82) is 0 Å². The molecular formula is C22H24N4O4. The topological polar surface area (TPSA) is 84.0 Å². The van der Waals surface area contributed by atoms with E-state index in [9.17, 15) is 9.59 Å². The number of urea groups is 1. The lowest BCUT2D eigenvalue weighted by molar-refractivity contribution is -0.125. The van der Waals surface area contributed by atoms with Gasteiger partial charge < -0.3 is 19.7 Å². The molecule has 3 heterocycles. The Morgan fingerprint density at radius 3 is 2.70 bits per heavy atom. The normalized spacial score (nSPS) is 18.4. The van der Waals surface area contributed by atoms with Crippen molar-refractivity contribution < 1.29 is 19.1 Å². The van der Waals surface area contributed by atoms with Gasteiger partial charge in [0.1, 0.15) is 11.5 Å². The average molecular weight is 408 g/mol. The number of methoxy groups -OCH3 is 2. The monoisotopic (exact) mass is 408 g/mol. The molecule has 0 bridgehead atoms. The predicted molar refractivity (Wildman–Crippen MR) is 110 cm³/mol. The van der Waals surface area contributed by atoms with E-state index in [1.165, 1.54) is 4.90 Å². The van der Waals surface area contributed by atoms with Gasteiger partial charge in [-0.2, -0.15) is 0 Å². The number of carbonyl (C=O) groups is 2. The number of likely N-dealkylation sites (N-methyl/N-ethyl adjacent to an activating group) is 1. The molecule has 156 valence electrons. The molecule has 2 aliphatic heterocycles. The van der Waals surface area contributed by atoms with Gasteiger partial charge in [-0.25, -0.2) is 4.79 Å². The first-order valence-corrected chi connectivity index (χ1v) is 9.72. The van der Waals surface area contributed by atoms with Gasteiger partial charge in [0.2, 0.25) is 0 Å². The zero-order valence-electron chi connectivity index (χ0n) is 17.2. The lowest BCUT2D eigenvalue weighted by Crippen LogP contribution is -2.45. The molecule has 30 heavy (non-hydrogen) atoms. The van der Waals surface area contributed by atoms with E-state index < -0.39 is 6.04 Å². The highest BCUT2D eigenvalue weighted by Crippen LogP contribution is 2.40. The summed E-state index contributed by atoms with van der Waals surface area (Å²) in [7, 11) is 4.82. The summed E-state index contributed by atoms with van der Waals surface area (Å²) in [4.78, 5) is 33.6. The summed E-state index contributed by atoms with van der Waals surface area (Å²) < 4.78 is 10.8. The summed E-state index contributed by atoms with van der Waals surface area (Å²) in [5, 5.41) is 2.94. The van der Waals surface area contributed by atoms with Crippen molar-refractivity contribution in [1.82, 2.24) is 20.1 Å². The maximum atomic E-state index is 13.3. The first kappa shape index (κ1) is 19.8. The second-order valence-corrected chi connectivity index (χ2v) is 7.21. The quantitative estimate of drug-likeness (QED) is 0.792. The van der Waals surface area contributed by atoms with Crippen molar-refractivity contribution in [2.75, 3.05) is 34.4 Å². The van der Waals surface area contributed by atoms with Gasteiger partial charge in [0, 0.05) is 37.5 Å². The molecule has 1 N–H and O–H groups in total. The van der Waals surface area contributed by atoms with Gasteiger partial charge in [-0.15, -0.1) is 0 Å². The third-order valence-corrected chi connectivity index (χ3v) is 5.55. The SMILES string of the molecule is COc1ccc(OC)c([C@H]2NC(=O)N(C)C3=C2C(=O)N(CCc2ccccn2)C3)c1. The van der Waals surface area contributed by atoms with E-state index in [1.807, 2.05) is 18.2 Å². The van der Waals surface area contributed by atoms with E-state index in [4.69, 9.17) is 9.47 Å². The molecule has 0 fully saturated rings. The number of nitrogens with zero attached hydrogens (tertiary/aromatic N) is 3. The highest BCUT2D eigenvalue weighted by atomic mass is 16.5. The maximum Gasteiger partial charge on any atom is 0.322 e. The first-order valence-electron chi connectivity index (χ1n) is 9.72. The number of hydrogen-bond donors (Lipinski definition) is 1. The highest BCUT2D eigenvalue weighted by molar-refractivity contribution is 6.01. The Morgan fingerprint density at radius 2 is 2.00 bits per heavy atom. The van der Waals surface area contributed by atoms with Crippen LogP contribution in [0.5, 0.6) is 11.5 Å². The largest absolute Gasteiger partial charge is 0.497 e. The molecule has 8 nitrogen and oxygen atoms in total. The number of rotatable bonds is 6. The Bertz CT molecular complexity index is 1010. The number of pyridine rings is 1. The van der Waals surface area contributed by atoms with Gasteiger partial charge in [0.05, 0.1) is 38.1 Å². The summed E-state index contributed by atoms with van der Waals surface area (Å²) >= 11 is 0. The van der Waals surface area contributed by atoms with Crippen LogP contribution in [0, 0.1) is 0 Å². The van der Waals surface area contributed by atoms with Crippen molar-refractivity contribution in [3.05, 3.63) is 65.1 Å². The number of hydrogen-bond acceptors (Lipinski definition) is 5. The van der Waals surface area contributed by atoms with Gasteiger partial charge in [-0.3, -0.25) is 14.7 Å². The minimum atomic E-state index is -0.610. The molecule has 1 aromatic carbocycles.